The van der Waals surface area contributed by atoms with E-state index in [9.17, 15) is 24.0 Å². The van der Waals surface area contributed by atoms with Gasteiger partial charge in [0.05, 0.1) is 11.1 Å². The fourth-order valence-corrected chi connectivity index (χ4v) is 5.09. The van der Waals surface area contributed by atoms with E-state index >= 15 is 0 Å². The first kappa shape index (κ1) is 26.0. The minimum Gasteiger partial charge on any atom is -0.486 e. The normalized spacial score (nSPS) is 16.6. The van der Waals surface area contributed by atoms with Gasteiger partial charge in [-0.15, -0.1) is 0 Å². The van der Waals surface area contributed by atoms with E-state index in [1.807, 2.05) is 6.07 Å². The molecule has 12 nitrogen and oxygen atoms in total. The van der Waals surface area contributed by atoms with Crippen LogP contribution in [0.1, 0.15) is 53.0 Å². The number of hydrogen-bond acceptors (Lipinski definition) is 8. The van der Waals surface area contributed by atoms with Gasteiger partial charge in [-0.3, -0.25) is 33.9 Å². The summed E-state index contributed by atoms with van der Waals surface area (Å²) in [7, 11) is 0. The maximum absolute atomic E-state index is 13.4. The monoisotopic (exact) mass is 555 g/mol. The Labute approximate surface area is 232 Å². The molecular formula is C29H25N5O7. The maximum atomic E-state index is 13.4. The number of piperidine rings is 1. The SMILES string of the molecule is Cc1nc2c(NC(=O)c3ccc(COc4ccc5c(c4)CCC(=O)N5)o3)cccc2c(=O)n1C1CCC(=O)NC1=O. The fourth-order valence-electron chi connectivity index (χ4n) is 5.09. The molecule has 4 amide bonds. The van der Waals surface area contributed by atoms with Gasteiger partial charge in [-0.05, 0) is 67.8 Å². The fraction of sp³-hybridized carbons (Fsp3) is 0.241. The maximum Gasteiger partial charge on any atom is 0.291 e. The first-order chi connectivity index (χ1) is 19.8. The minimum absolute atomic E-state index is 0.00805. The summed E-state index contributed by atoms with van der Waals surface area (Å²) in [6, 6.07) is 12.5. The number of furan rings is 1. The molecule has 0 radical (unpaired) electrons. The van der Waals surface area contributed by atoms with Crippen molar-refractivity contribution in [3.63, 3.8) is 0 Å². The largest absolute Gasteiger partial charge is 0.486 e. The molecule has 0 spiro atoms. The molecular weight excluding hydrogens is 530 g/mol. The van der Waals surface area contributed by atoms with Crippen molar-refractivity contribution in [3.8, 4) is 5.75 Å². The van der Waals surface area contributed by atoms with Crippen LogP contribution in [0.4, 0.5) is 11.4 Å². The molecule has 12 heteroatoms. The number of imide groups is 1. The highest BCUT2D eigenvalue weighted by Gasteiger charge is 2.30. The molecule has 2 aliphatic heterocycles. The number of nitrogens with one attached hydrogen (secondary N) is 3. The van der Waals surface area contributed by atoms with Crippen LogP contribution in [0.3, 0.4) is 0 Å². The van der Waals surface area contributed by atoms with Gasteiger partial charge in [-0.2, -0.15) is 0 Å². The molecule has 1 fully saturated rings. The summed E-state index contributed by atoms with van der Waals surface area (Å²) in [5.74, 6) is -0.105. The van der Waals surface area contributed by atoms with Crippen LogP contribution < -0.4 is 26.2 Å². The number of anilines is 2. The van der Waals surface area contributed by atoms with Crippen molar-refractivity contribution in [1.82, 2.24) is 14.9 Å². The van der Waals surface area contributed by atoms with Gasteiger partial charge in [-0.1, -0.05) is 6.07 Å². The molecule has 0 aliphatic carbocycles. The van der Waals surface area contributed by atoms with Gasteiger partial charge >= 0.3 is 0 Å². The Morgan fingerprint density at radius 2 is 1.88 bits per heavy atom. The third-order valence-electron chi connectivity index (χ3n) is 7.12. The lowest BCUT2D eigenvalue weighted by Crippen LogP contribution is -2.45. The Morgan fingerprint density at radius 1 is 1.05 bits per heavy atom. The molecule has 1 saturated heterocycles. The molecule has 6 rings (SSSR count). The van der Waals surface area contributed by atoms with Gasteiger partial charge in [0.1, 0.15) is 35.5 Å². The van der Waals surface area contributed by atoms with E-state index in [-0.39, 0.29) is 53.8 Å². The first-order valence-electron chi connectivity index (χ1n) is 13.1. The molecule has 0 bridgehead atoms. The number of benzene rings is 2. The second-order valence-corrected chi connectivity index (χ2v) is 9.88. The predicted molar refractivity (Wildman–Crippen MR) is 147 cm³/mol. The summed E-state index contributed by atoms with van der Waals surface area (Å²) in [5.41, 5.74) is 1.90. The highest BCUT2D eigenvalue weighted by Crippen LogP contribution is 2.28. The third-order valence-corrected chi connectivity index (χ3v) is 7.12. The van der Waals surface area contributed by atoms with Gasteiger partial charge in [0.2, 0.25) is 17.7 Å². The highest BCUT2D eigenvalue weighted by atomic mass is 16.5. The third kappa shape index (κ3) is 5.07. The molecule has 41 heavy (non-hydrogen) atoms. The van der Waals surface area contributed by atoms with E-state index in [2.05, 4.69) is 20.9 Å². The molecule has 0 saturated carbocycles. The number of fused-ring (bicyclic) bond motifs is 2. The molecule has 2 aliphatic rings. The average molecular weight is 556 g/mol. The van der Waals surface area contributed by atoms with Gasteiger partial charge in [0.15, 0.2) is 5.76 Å². The van der Waals surface area contributed by atoms with Crippen molar-refractivity contribution in [3.05, 3.63) is 81.8 Å². The molecule has 1 atom stereocenters. The topological polar surface area (TPSA) is 162 Å². The summed E-state index contributed by atoms with van der Waals surface area (Å²) in [6.45, 7) is 1.69. The van der Waals surface area contributed by atoms with Gasteiger partial charge in [0.25, 0.3) is 11.5 Å². The van der Waals surface area contributed by atoms with Crippen molar-refractivity contribution >= 4 is 45.9 Å². The van der Waals surface area contributed by atoms with Crippen molar-refractivity contribution < 1.29 is 28.3 Å². The van der Waals surface area contributed by atoms with Crippen molar-refractivity contribution in [2.75, 3.05) is 10.6 Å². The number of carbonyl (C=O) groups is 4. The number of amides is 4. The number of carbonyl (C=O) groups excluding carboxylic acids is 4. The van der Waals surface area contributed by atoms with E-state index in [1.165, 1.54) is 10.6 Å². The first-order valence-corrected chi connectivity index (χ1v) is 13.1. The summed E-state index contributed by atoms with van der Waals surface area (Å²) in [4.78, 5) is 66.4. The number of ether oxygens (including phenoxy) is 1. The number of aryl methyl sites for hydroxylation is 2. The van der Waals surface area contributed by atoms with Gasteiger partial charge < -0.3 is 19.8 Å². The lowest BCUT2D eigenvalue weighted by molar-refractivity contribution is -0.135. The van der Waals surface area contributed by atoms with E-state index in [0.717, 1.165) is 11.3 Å². The van der Waals surface area contributed by atoms with E-state index < -0.39 is 23.4 Å². The number of nitrogens with zero attached hydrogens (tertiary/aromatic N) is 2. The van der Waals surface area contributed by atoms with Gasteiger partial charge in [0, 0.05) is 18.5 Å². The van der Waals surface area contributed by atoms with Crippen LogP contribution in [0.5, 0.6) is 5.75 Å². The van der Waals surface area contributed by atoms with Gasteiger partial charge in [-0.25, -0.2) is 4.98 Å². The second kappa shape index (κ2) is 10.4. The zero-order valence-electron chi connectivity index (χ0n) is 22.0. The average Bonchev–Trinajstić information content (AvgIpc) is 3.43. The van der Waals surface area contributed by atoms with E-state index in [4.69, 9.17) is 9.15 Å². The smallest absolute Gasteiger partial charge is 0.291 e. The summed E-state index contributed by atoms with van der Waals surface area (Å²) >= 11 is 0. The second-order valence-electron chi connectivity index (χ2n) is 9.88. The van der Waals surface area contributed by atoms with Crippen LogP contribution >= 0.6 is 0 Å². The number of aromatic nitrogens is 2. The summed E-state index contributed by atoms with van der Waals surface area (Å²) in [5, 5.41) is 8.06. The Morgan fingerprint density at radius 3 is 2.71 bits per heavy atom. The highest BCUT2D eigenvalue weighted by molar-refractivity contribution is 6.07. The summed E-state index contributed by atoms with van der Waals surface area (Å²) in [6.07, 6.45) is 1.38. The molecule has 2 aromatic heterocycles. The Hall–Kier alpha value is -5.26. The summed E-state index contributed by atoms with van der Waals surface area (Å²) < 4.78 is 12.8. The molecule has 2 aromatic carbocycles. The Bertz CT molecular complexity index is 1810. The molecule has 3 N–H and O–H groups in total. The van der Waals surface area contributed by atoms with Crippen LogP contribution in [0.25, 0.3) is 10.9 Å². The number of rotatable bonds is 6. The van der Waals surface area contributed by atoms with Crippen molar-refractivity contribution in [1.29, 1.82) is 0 Å². The minimum atomic E-state index is -0.846. The Balaban J connectivity index is 1.17. The van der Waals surface area contributed by atoms with E-state index in [1.54, 1.807) is 43.3 Å². The molecule has 208 valence electrons. The zero-order chi connectivity index (χ0) is 28.7. The number of hydrogen-bond donors (Lipinski definition) is 3. The quantitative estimate of drug-likeness (QED) is 0.306. The Kier molecular flexibility index (Phi) is 6.58. The lowest BCUT2D eigenvalue weighted by atomic mass is 10.0. The zero-order valence-corrected chi connectivity index (χ0v) is 22.0. The molecule has 4 aromatic rings. The van der Waals surface area contributed by atoms with Crippen LogP contribution in [0, 0.1) is 6.92 Å². The van der Waals surface area contributed by atoms with Crippen LogP contribution in [0.15, 0.2) is 57.7 Å². The lowest BCUT2D eigenvalue weighted by Gasteiger charge is -2.24. The van der Waals surface area contributed by atoms with E-state index in [0.29, 0.717) is 30.0 Å². The van der Waals surface area contributed by atoms with Crippen molar-refractivity contribution in [2.45, 2.75) is 45.3 Å². The predicted octanol–water partition coefficient (Wildman–Crippen LogP) is 2.99. The van der Waals surface area contributed by atoms with Crippen LogP contribution in [0.2, 0.25) is 0 Å². The standard InChI is InChI=1S/C29H25N5O7/c1-15-30-26-19(29(39)34(15)22-9-12-25(36)33-27(22)37)3-2-4-21(26)32-28(38)23-10-7-18(41-23)14-40-17-6-8-20-16(13-17)5-11-24(35)31-20/h2-4,6-8,10,13,22H,5,9,11-12,14H2,1H3,(H,31,35)(H,32,38)(H,33,36,37). The molecule has 4 heterocycles. The van der Waals surface area contributed by atoms with Crippen LogP contribution in [-0.4, -0.2) is 33.2 Å². The number of para-hydroxylation sites is 1. The van der Waals surface area contributed by atoms with Crippen LogP contribution in [-0.2, 0) is 27.4 Å². The molecule has 1 unspecified atom stereocenters. The van der Waals surface area contributed by atoms with Crippen molar-refractivity contribution in [2.24, 2.45) is 0 Å².